The lowest BCUT2D eigenvalue weighted by molar-refractivity contribution is -0.145. The summed E-state index contributed by atoms with van der Waals surface area (Å²) in [5.74, 6) is -1.92. The number of esters is 1. The Kier molecular flexibility index (Phi) is 4.44. The molecule has 2 rings (SSSR count). The highest BCUT2D eigenvalue weighted by atomic mass is 19.4. The van der Waals surface area contributed by atoms with E-state index in [2.05, 4.69) is 19.8 Å². The van der Waals surface area contributed by atoms with Gasteiger partial charge in [0, 0.05) is 25.4 Å². The average molecular weight is 331 g/mol. The summed E-state index contributed by atoms with van der Waals surface area (Å²) >= 11 is 0. The second kappa shape index (κ2) is 6.01. The molecule has 2 aromatic rings. The summed E-state index contributed by atoms with van der Waals surface area (Å²) in [6.45, 7) is 3.55. The van der Waals surface area contributed by atoms with Gasteiger partial charge in [-0.05, 0) is 6.92 Å². The van der Waals surface area contributed by atoms with E-state index in [0.29, 0.717) is 11.5 Å². The van der Waals surface area contributed by atoms with Crippen LogP contribution >= 0.6 is 0 Å². The molecule has 0 aromatic carbocycles. The largest absolute Gasteiger partial charge is 0.469 e. The van der Waals surface area contributed by atoms with Crippen LogP contribution in [0.15, 0.2) is 6.07 Å². The highest BCUT2D eigenvalue weighted by Crippen LogP contribution is 2.27. The molecule has 0 saturated carbocycles. The Morgan fingerprint density at radius 3 is 2.65 bits per heavy atom. The number of halogens is 3. The molecule has 2 heterocycles. The molecule has 0 saturated heterocycles. The minimum Gasteiger partial charge on any atom is -0.469 e. The van der Waals surface area contributed by atoms with Crippen LogP contribution in [0.5, 0.6) is 0 Å². The summed E-state index contributed by atoms with van der Waals surface area (Å²) in [7, 11) is 2.92. The number of aromatic nitrogens is 4. The fourth-order valence-electron chi connectivity index (χ4n) is 2.14. The van der Waals surface area contributed by atoms with Crippen LogP contribution in [0.25, 0.3) is 5.78 Å². The lowest BCUT2D eigenvalue weighted by Crippen LogP contribution is -2.30. The molecular formula is C13H16F3N5O2. The molecule has 7 nitrogen and oxygen atoms in total. The molecule has 10 heteroatoms. The number of nitrogens with zero attached hydrogens (tertiary/aromatic N) is 5. The highest BCUT2D eigenvalue weighted by Gasteiger charge is 2.37. The molecule has 0 fully saturated rings. The summed E-state index contributed by atoms with van der Waals surface area (Å²) in [5, 5.41) is 3.48. The third-order valence-electron chi connectivity index (χ3n) is 3.22. The summed E-state index contributed by atoms with van der Waals surface area (Å²) < 4.78 is 44.0. The van der Waals surface area contributed by atoms with Gasteiger partial charge in [-0.1, -0.05) is 6.92 Å². The van der Waals surface area contributed by atoms with Crippen molar-refractivity contribution in [2.45, 2.75) is 20.0 Å². The van der Waals surface area contributed by atoms with E-state index in [0.717, 1.165) is 4.52 Å². The maximum absolute atomic E-state index is 12.8. The number of hydrogen-bond donors (Lipinski definition) is 0. The number of carbonyl (C=O) groups is 1. The van der Waals surface area contributed by atoms with Gasteiger partial charge < -0.3 is 9.64 Å². The molecule has 0 aliphatic rings. The van der Waals surface area contributed by atoms with Crippen LogP contribution in [-0.4, -0.2) is 46.3 Å². The second-order valence-electron chi connectivity index (χ2n) is 5.21. The molecule has 2 aromatic heterocycles. The van der Waals surface area contributed by atoms with Gasteiger partial charge in [-0.15, -0.1) is 5.10 Å². The maximum atomic E-state index is 12.8. The summed E-state index contributed by atoms with van der Waals surface area (Å²) in [4.78, 5) is 20.5. The van der Waals surface area contributed by atoms with Gasteiger partial charge in [0.15, 0.2) is 0 Å². The van der Waals surface area contributed by atoms with E-state index < -0.39 is 23.9 Å². The van der Waals surface area contributed by atoms with E-state index in [9.17, 15) is 18.0 Å². The Hall–Kier alpha value is -2.39. The Bertz CT molecular complexity index is 728. The number of methoxy groups -OCH3 is 1. The molecule has 0 amide bonds. The summed E-state index contributed by atoms with van der Waals surface area (Å²) in [6, 6.07) is 1.58. The SMILES string of the molecule is COC(=O)C(C)CN(C)c1cc(C)nc2nc(C(F)(F)F)nn12. The average Bonchev–Trinajstić information content (AvgIpc) is 2.88. The van der Waals surface area contributed by atoms with E-state index in [1.54, 1.807) is 31.9 Å². The number of fused-ring (bicyclic) bond motifs is 1. The molecule has 0 aliphatic heterocycles. The van der Waals surface area contributed by atoms with Crippen molar-refractivity contribution in [2.24, 2.45) is 5.92 Å². The number of anilines is 1. The van der Waals surface area contributed by atoms with Crippen LogP contribution < -0.4 is 4.90 Å². The van der Waals surface area contributed by atoms with Crippen LogP contribution in [0.4, 0.5) is 19.0 Å². The predicted molar refractivity (Wildman–Crippen MR) is 75.0 cm³/mol. The van der Waals surface area contributed by atoms with Gasteiger partial charge in [0.2, 0.25) is 0 Å². The van der Waals surface area contributed by atoms with Crippen LogP contribution in [-0.2, 0) is 15.7 Å². The van der Waals surface area contributed by atoms with Crippen LogP contribution in [0.1, 0.15) is 18.4 Å². The minimum absolute atomic E-state index is 0.148. The zero-order valence-electron chi connectivity index (χ0n) is 13.0. The smallest absolute Gasteiger partial charge is 0.453 e. The molecule has 0 spiro atoms. The number of ether oxygens (including phenoxy) is 1. The zero-order chi connectivity index (χ0) is 17.4. The van der Waals surface area contributed by atoms with Crippen molar-refractivity contribution >= 4 is 17.6 Å². The molecule has 1 atom stereocenters. The van der Waals surface area contributed by atoms with E-state index in [1.807, 2.05) is 0 Å². The number of rotatable bonds is 4. The second-order valence-corrected chi connectivity index (χ2v) is 5.21. The monoisotopic (exact) mass is 331 g/mol. The van der Waals surface area contributed by atoms with Crippen LogP contribution in [0.2, 0.25) is 0 Å². The number of alkyl halides is 3. The van der Waals surface area contributed by atoms with E-state index >= 15 is 0 Å². The fraction of sp³-hybridized carbons (Fsp3) is 0.538. The maximum Gasteiger partial charge on any atom is 0.453 e. The zero-order valence-corrected chi connectivity index (χ0v) is 13.0. The van der Waals surface area contributed by atoms with Crippen molar-refractivity contribution in [2.75, 3.05) is 25.6 Å². The lowest BCUT2D eigenvalue weighted by Gasteiger charge is -2.22. The molecule has 0 N–H and O–H groups in total. The first-order chi connectivity index (χ1) is 10.6. The van der Waals surface area contributed by atoms with Gasteiger partial charge in [0.05, 0.1) is 13.0 Å². The molecule has 0 bridgehead atoms. The highest BCUT2D eigenvalue weighted by molar-refractivity contribution is 5.72. The van der Waals surface area contributed by atoms with Crippen LogP contribution in [0.3, 0.4) is 0 Å². The van der Waals surface area contributed by atoms with Crippen molar-refractivity contribution in [3.05, 3.63) is 17.6 Å². The Labute approximate surface area is 130 Å². The topological polar surface area (TPSA) is 72.6 Å². The van der Waals surface area contributed by atoms with Gasteiger partial charge in [0.1, 0.15) is 5.82 Å². The van der Waals surface area contributed by atoms with Gasteiger partial charge in [-0.3, -0.25) is 4.79 Å². The molecule has 1 unspecified atom stereocenters. The Balaban J connectivity index is 2.43. The fourth-order valence-corrected chi connectivity index (χ4v) is 2.14. The van der Waals surface area contributed by atoms with E-state index in [-0.39, 0.29) is 12.3 Å². The lowest BCUT2D eigenvalue weighted by atomic mass is 10.2. The summed E-state index contributed by atoms with van der Waals surface area (Å²) in [6.07, 6.45) is -4.66. The van der Waals surface area contributed by atoms with Crippen molar-refractivity contribution in [3.8, 4) is 0 Å². The van der Waals surface area contributed by atoms with Crippen molar-refractivity contribution in [1.82, 2.24) is 19.6 Å². The minimum atomic E-state index is -4.66. The predicted octanol–water partition coefficient (Wildman–Crippen LogP) is 1.70. The number of carbonyl (C=O) groups excluding carboxylic acids is 1. The molecule has 23 heavy (non-hydrogen) atoms. The van der Waals surface area contributed by atoms with Gasteiger partial charge in [-0.2, -0.15) is 22.7 Å². The Morgan fingerprint density at radius 1 is 1.43 bits per heavy atom. The summed E-state index contributed by atoms with van der Waals surface area (Å²) in [5.41, 5.74) is 0.492. The third kappa shape index (κ3) is 3.51. The first-order valence-corrected chi connectivity index (χ1v) is 6.74. The number of aryl methyl sites for hydroxylation is 1. The van der Waals surface area contributed by atoms with Crippen molar-refractivity contribution in [1.29, 1.82) is 0 Å². The molecular weight excluding hydrogens is 315 g/mol. The molecule has 0 aliphatic carbocycles. The van der Waals surface area contributed by atoms with Crippen molar-refractivity contribution in [3.63, 3.8) is 0 Å². The molecule has 126 valence electrons. The van der Waals surface area contributed by atoms with Gasteiger partial charge in [-0.25, -0.2) is 4.98 Å². The van der Waals surface area contributed by atoms with Gasteiger partial charge >= 0.3 is 12.1 Å². The third-order valence-corrected chi connectivity index (χ3v) is 3.22. The van der Waals surface area contributed by atoms with E-state index in [1.165, 1.54) is 7.11 Å². The Morgan fingerprint density at radius 2 is 2.09 bits per heavy atom. The first-order valence-electron chi connectivity index (χ1n) is 6.74. The first kappa shape index (κ1) is 17.0. The van der Waals surface area contributed by atoms with Gasteiger partial charge in [0.25, 0.3) is 11.6 Å². The molecule has 0 radical (unpaired) electrons. The van der Waals surface area contributed by atoms with Crippen LogP contribution in [0, 0.1) is 12.8 Å². The quantitative estimate of drug-likeness (QED) is 0.794. The standard InChI is InChI=1S/C13H16F3N5O2/c1-7(10(22)23-4)6-20(3)9-5-8(2)17-12-18-11(13(14,15)16)19-21(9)12/h5,7H,6H2,1-4H3. The van der Waals surface area contributed by atoms with E-state index in [4.69, 9.17) is 0 Å². The normalized spacial score (nSPS) is 13.2. The van der Waals surface area contributed by atoms with Crippen molar-refractivity contribution < 1.29 is 22.7 Å². The number of hydrogen-bond acceptors (Lipinski definition) is 6.